The van der Waals surface area contributed by atoms with Crippen LogP contribution in [0.4, 0.5) is 17.1 Å². The molecule has 0 spiro atoms. The molecule has 2 heteroatoms. The van der Waals surface area contributed by atoms with Crippen LogP contribution in [0.1, 0.15) is 0 Å². The molecule has 0 aliphatic rings. The Bertz CT molecular complexity index is 3280. The second kappa shape index (κ2) is 14.1. The first-order chi connectivity index (χ1) is 28.8. The van der Waals surface area contributed by atoms with E-state index in [1.807, 2.05) is 0 Å². The normalized spacial score (nSPS) is 11.4. The predicted octanol–water partition coefficient (Wildman–Crippen LogP) is 15.6. The monoisotopic (exact) mass is 738 g/mol. The summed E-state index contributed by atoms with van der Waals surface area (Å²) in [5.41, 5.74) is 13.9. The average Bonchev–Trinajstić information content (AvgIpc) is 3.64. The van der Waals surface area contributed by atoms with Crippen LogP contribution in [0.3, 0.4) is 0 Å². The number of fused-ring (bicyclic) bond motifs is 5. The van der Waals surface area contributed by atoms with Crippen molar-refractivity contribution in [2.75, 3.05) is 4.90 Å². The van der Waals surface area contributed by atoms with Gasteiger partial charge in [0.1, 0.15) is 0 Å². The van der Waals surface area contributed by atoms with Crippen molar-refractivity contribution < 1.29 is 0 Å². The molecule has 0 fully saturated rings. The van der Waals surface area contributed by atoms with Crippen LogP contribution in [-0.2, 0) is 0 Å². The Hall–Kier alpha value is -7.68. The molecule has 0 aliphatic carbocycles. The van der Waals surface area contributed by atoms with Crippen LogP contribution < -0.4 is 4.90 Å². The number of anilines is 3. The topological polar surface area (TPSA) is 8.17 Å². The van der Waals surface area contributed by atoms with Gasteiger partial charge in [-0.3, -0.25) is 0 Å². The lowest BCUT2D eigenvalue weighted by molar-refractivity contribution is 1.18. The number of hydrogen-bond donors (Lipinski definition) is 0. The second-order valence-corrected chi connectivity index (χ2v) is 14.9. The molecular weight excluding hydrogens is 701 g/mol. The molecule has 1 heterocycles. The maximum absolute atomic E-state index is 2.49. The second-order valence-electron chi connectivity index (χ2n) is 14.9. The highest BCUT2D eigenvalue weighted by molar-refractivity contribution is 6.17. The molecule has 0 radical (unpaired) electrons. The van der Waals surface area contributed by atoms with E-state index < -0.39 is 0 Å². The van der Waals surface area contributed by atoms with E-state index in [0.29, 0.717) is 0 Å². The van der Waals surface area contributed by atoms with Crippen LogP contribution >= 0.6 is 0 Å². The third kappa shape index (κ3) is 5.66. The zero-order valence-electron chi connectivity index (χ0n) is 31.8. The van der Waals surface area contributed by atoms with E-state index in [9.17, 15) is 0 Å². The lowest BCUT2D eigenvalue weighted by Gasteiger charge is -2.30. The highest BCUT2D eigenvalue weighted by Crippen LogP contribution is 2.48. The highest BCUT2D eigenvalue weighted by atomic mass is 15.2. The quantitative estimate of drug-likeness (QED) is 0.158. The summed E-state index contributed by atoms with van der Waals surface area (Å²) in [6, 6.07) is 83.9. The van der Waals surface area contributed by atoms with E-state index in [2.05, 4.69) is 240 Å². The minimum absolute atomic E-state index is 1.08. The summed E-state index contributed by atoms with van der Waals surface area (Å²) < 4.78 is 2.40. The lowest BCUT2D eigenvalue weighted by Crippen LogP contribution is -2.12. The minimum Gasteiger partial charge on any atom is -0.309 e. The van der Waals surface area contributed by atoms with Gasteiger partial charge in [-0.2, -0.15) is 0 Å². The van der Waals surface area contributed by atoms with Gasteiger partial charge in [0.25, 0.3) is 0 Å². The standard InChI is InChI=1S/C56H38N2/c1-3-18-41(19-4-1)51-38-45(35-36-49(51)48-28-15-22-40-20-9-10-25-46(40)48)58(52-29-13-11-26-47(52)43-34-33-39-17-7-8-21-42(39)37-43)55-32-16-31-54-56(55)50-27-12-14-30-53(50)57(54)44-23-5-2-6-24-44/h1-38H. The van der Waals surface area contributed by atoms with Crippen LogP contribution in [0.15, 0.2) is 231 Å². The Morgan fingerprint density at radius 2 is 0.931 bits per heavy atom. The zero-order valence-corrected chi connectivity index (χ0v) is 31.8. The van der Waals surface area contributed by atoms with Gasteiger partial charge >= 0.3 is 0 Å². The first-order valence-electron chi connectivity index (χ1n) is 19.9. The summed E-state index contributed by atoms with van der Waals surface area (Å²) in [7, 11) is 0. The first kappa shape index (κ1) is 33.6. The van der Waals surface area contributed by atoms with Crippen molar-refractivity contribution in [1.29, 1.82) is 0 Å². The molecular formula is C56H38N2. The van der Waals surface area contributed by atoms with Gasteiger partial charge in [0.2, 0.25) is 0 Å². The first-order valence-corrected chi connectivity index (χ1v) is 19.9. The van der Waals surface area contributed by atoms with Crippen molar-refractivity contribution in [1.82, 2.24) is 4.57 Å². The largest absolute Gasteiger partial charge is 0.309 e. The maximum Gasteiger partial charge on any atom is 0.0562 e. The van der Waals surface area contributed by atoms with Gasteiger partial charge < -0.3 is 9.47 Å². The molecule has 11 rings (SSSR count). The number of nitrogens with zero attached hydrogens (tertiary/aromatic N) is 2. The number of aromatic nitrogens is 1. The number of hydrogen-bond acceptors (Lipinski definition) is 1. The van der Waals surface area contributed by atoms with Crippen LogP contribution in [0, 0.1) is 0 Å². The highest BCUT2D eigenvalue weighted by Gasteiger charge is 2.24. The summed E-state index contributed by atoms with van der Waals surface area (Å²) in [4.78, 5) is 2.49. The molecule has 0 unspecified atom stereocenters. The van der Waals surface area contributed by atoms with E-state index in [1.54, 1.807) is 0 Å². The Morgan fingerprint density at radius 3 is 1.79 bits per heavy atom. The third-order valence-corrected chi connectivity index (χ3v) is 11.6. The fraction of sp³-hybridized carbons (Fsp3) is 0. The molecule has 10 aromatic carbocycles. The van der Waals surface area contributed by atoms with Crippen molar-refractivity contribution in [2.45, 2.75) is 0 Å². The van der Waals surface area contributed by atoms with Gasteiger partial charge in [-0.1, -0.05) is 176 Å². The van der Waals surface area contributed by atoms with Gasteiger partial charge in [0, 0.05) is 27.7 Å². The van der Waals surface area contributed by atoms with Crippen molar-refractivity contribution in [2.24, 2.45) is 0 Å². The molecule has 0 atom stereocenters. The molecule has 0 saturated carbocycles. The zero-order chi connectivity index (χ0) is 38.4. The molecule has 2 nitrogen and oxygen atoms in total. The van der Waals surface area contributed by atoms with E-state index in [1.165, 1.54) is 65.7 Å². The van der Waals surface area contributed by atoms with Crippen LogP contribution in [0.25, 0.3) is 82.4 Å². The Kier molecular flexibility index (Phi) is 8.19. The van der Waals surface area contributed by atoms with Gasteiger partial charge in [-0.25, -0.2) is 0 Å². The summed E-state index contributed by atoms with van der Waals surface area (Å²) in [6.07, 6.45) is 0. The van der Waals surface area contributed by atoms with E-state index in [4.69, 9.17) is 0 Å². The molecule has 0 N–H and O–H groups in total. The Labute approximate surface area is 338 Å². The van der Waals surface area contributed by atoms with Gasteiger partial charge in [-0.15, -0.1) is 0 Å². The van der Waals surface area contributed by atoms with Gasteiger partial charge in [0.05, 0.1) is 22.4 Å². The molecule has 58 heavy (non-hydrogen) atoms. The smallest absolute Gasteiger partial charge is 0.0562 e. The Morgan fingerprint density at radius 1 is 0.310 bits per heavy atom. The summed E-state index contributed by atoms with van der Waals surface area (Å²) in [5.74, 6) is 0. The van der Waals surface area contributed by atoms with Crippen molar-refractivity contribution in [3.8, 4) is 39.1 Å². The third-order valence-electron chi connectivity index (χ3n) is 11.6. The predicted molar refractivity (Wildman–Crippen MR) is 247 cm³/mol. The molecule has 0 saturated heterocycles. The van der Waals surface area contributed by atoms with Crippen LogP contribution in [-0.4, -0.2) is 4.57 Å². The fourth-order valence-corrected chi connectivity index (χ4v) is 8.94. The van der Waals surface area contributed by atoms with Crippen molar-refractivity contribution in [3.63, 3.8) is 0 Å². The van der Waals surface area contributed by atoms with E-state index >= 15 is 0 Å². The molecule has 0 amide bonds. The van der Waals surface area contributed by atoms with Gasteiger partial charge in [-0.05, 0) is 104 Å². The molecule has 0 aliphatic heterocycles. The summed E-state index contributed by atoms with van der Waals surface area (Å²) in [5, 5.41) is 7.34. The molecule has 0 bridgehead atoms. The fourth-order valence-electron chi connectivity index (χ4n) is 8.94. The molecule has 1 aromatic heterocycles. The lowest BCUT2D eigenvalue weighted by atomic mass is 9.90. The van der Waals surface area contributed by atoms with Crippen LogP contribution in [0.5, 0.6) is 0 Å². The van der Waals surface area contributed by atoms with Crippen molar-refractivity contribution >= 4 is 60.4 Å². The maximum atomic E-state index is 2.49. The SMILES string of the molecule is c1ccc(-c2cc(N(c3ccccc3-c3ccc4ccccc4c3)c3cccc4c3c3ccccc3n4-c3ccccc3)ccc2-c2cccc3ccccc23)cc1. The van der Waals surface area contributed by atoms with Gasteiger partial charge in [0.15, 0.2) is 0 Å². The summed E-state index contributed by atoms with van der Waals surface area (Å²) >= 11 is 0. The van der Waals surface area contributed by atoms with Crippen LogP contribution in [0.2, 0.25) is 0 Å². The number of benzene rings is 10. The Balaban J connectivity index is 1.23. The van der Waals surface area contributed by atoms with E-state index in [0.717, 1.165) is 33.8 Å². The number of rotatable bonds is 7. The molecule has 272 valence electrons. The van der Waals surface area contributed by atoms with E-state index in [-0.39, 0.29) is 0 Å². The van der Waals surface area contributed by atoms with Crippen molar-refractivity contribution in [3.05, 3.63) is 231 Å². The minimum atomic E-state index is 1.08. The molecule has 11 aromatic rings. The summed E-state index contributed by atoms with van der Waals surface area (Å²) in [6.45, 7) is 0. The average molecular weight is 739 g/mol. The number of para-hydroxylation sites is 3.